The van der Waals surface area contributed by atoms with E-state index in [9.17, 15) is 9.90 Å². The van der Waals surface area contributed by atoms with Gasteiger partial charge < -0.3 is 10.2 Å². The van der Waals surface area contributed by atoms with E-state index in [0.29, 0.717) is 0 Å². The maximum absolute atomic E-state index is 10.8. The van der Waals surface area contributed by atoms with Crippen molar-refractivity contribution in [2.75, 3.05) is 0 Å². The van der Waals surface area contributed by atoms with Crippen LogP contribution in [0.5, 0.6) is 5.75 Å². The molecule has 0 saturated heterocycles. The number of hydrogen-bond donors (Lipinski definition) is 2. The van der Waals surface area contributed by atoms with E-state index in [1.165, 1.54) is 0 Å². The average molecular weight is 222 g/mol. The smallest absolute Gasteiger partial charge is 0.303 e. The summed E-state index contributed by atoms with van der Waals surface area (Å²) >= 11 is 0. The second-order valence-electron chi connectivity index (χ2n) is 4.03. The number of carbonyl (C=O) groups is 1. The van der Waals surface area contributed by atoms with Gasteiger partial charge >= 0.3 is 5.97 Å². The third kappa shape index (κ3) is 3.93. The Morgan fingerprint density at radius 2 is 2.19 bits per heavy atom. The molecule has 88 valence electrons. The van der Waals surface area contributed by atoms with E-state index in [0.717, 1.165) is 24.8 Å². The van der Waals surface area contributed by atoms with Gasteiger partial charge in [-0.05, 0) is 30.0 Å². The standard InChI is InChI=1S/C13H18O3/c1-2-3-5-11(9-13(15)16)10-6-4-7-12(14)8-10/h4,6-8,11,14H,2-3,5,9H2,1H3,(H,15,16)/t11-/m0/s1. The summed E-state index contributed by atoms with van der Waals surface area (Å²) in [6.45, 7) is 2.08. The van der Waals surface area contributed by atoms with E-state index in [2.05, 4.69) is 6.92 Å². The number of unbranched alkanes of at least 4 members (excludes halogenated alkanes) is 1. The van der Waals surface area contributed by atoms with E-state index in [-0.39, 0.29) is 18.1 Å². The summed E-state index contributed by atoms with van der Waals surface area (Å²) in [4.78, 5) is 10.8. The number of phenols is 1. The van der Waals surface area contributed by atoms with Crippen LogP contribution >= 0.6 is 0 Å². The largest absolute Gasteiger partial charge is 0.508 e. The van der Waals surface area contributed by atoms with Crippen LogP contribution in [0.1, 0.15) is 44.1 Å². The molecule has 0 spiro atoms. The molecule has 1 atom stereocenters. The Morgan fingerprint density at radius 3 is 2.75 bits per heavy atom. The first-order valence-electron chi connectivity index (χ1n) is 5.64. The molecule has 1 aromatic carbocycles. The van der Waals surface area contributed by atoms with Crippen molar-refractivity contribution in [3.05, 3.63) is 29.8 Å². The molecule has 0 saturated carbocycles. The number of aliphatic carboxylic acids is 1. The van der Waals surface area contributed by atoms with Crippen LogP contribution in [0.3, 0.4) is 0 Å². The zero-order chi connectivity index (χ0) is 12.0. The molecule has 0 aromatic heterocycles. The Hall–Kier alpha value is -1.51. The van der Waals surface area contributed by atoms with Crippen molar-refractivity contribution in [1.29, 1.82) is 0 Å². The highest BCUT2D eigenvalue weighted by Gasteiger charge is 2.15. The first-order chi connectivity index (χ1) is 7.63. The van der Waals surface area contributed by atoms with Gasteiger partial charge in [-0.3, -0.25) is 4.79 Å². The third-order valence-corrected chi connectivity index (χ3v) is 2.67. The van der Waals surface area contributed by atoms with Crippen LogP contribution in [0, 0.1) is 0 Å². The molecular weight excluding hydrogens is 204 g/mol. The van der Waals surface area contributed by atoms with Gasteiger partial charge in [0.2, 0.25) is 0 Å². The van der Waals surface area contributed by atoms with Gasteiger partial charge in [0.25, 0.3) is 0 Å². The van der Waals surface area contributed by atoms with E-state index < -0.39 is 5.97 Å². The predicted molar refractivity (Wildman–Crippen MR) is 62.6 cm³/mol. The number of carboxylic acid groups (broad SMARTS) is 1. The lowest BCUT2D eigenvalue weighted by atomic mass is 9.90. The molecule has 0 aliphatic rings. The SMILES string of the molecule is CCCC[C@@H](CC(=O)O)c1cccc(O)c1. The lowest BCUT2D eigenvalue weighted by Crippen LogP contribution is -2.06. The summed E-state index contributed by atoms with van der Waals surface area (Å²) in [6.07, 6.45) is 3.04. The minimum Gasteiger partial charge on any atom is -0.508 e. The summed E-state index contributed by atoms with van der Waals surface area (Å²) in [6, 6.07) is 6.89. The third-order valence-electron chi connectivity index (χ3n) is 2.67. The van der Waals surface area contributed by atoms with Gasteiger partial charge in [-0.2, -0.15) is 0 Å². The second-order valence-corrected chi connectivity index (χ2v) is 4.03. The van der Waals surface area contributed by atoms with Crippen molar-refractivity contribution in [3.63, 3.8) is 0 Å². The van der Waals surface area contributed by atoms with E-state index in [1.54, 1.807) is 18.2 Å². The molecule has 0 fully saturated rings. The quantitative estimate of drug-likeness (QED) is 0.777. The van der Waals surface area contributed by atoms with Crippen LogP contribution in [0.15, 0.2) is 24.3 Å². The van der Waals surface area contributed by atoms with E-state index >= 15 is 0 Å². The van der Waals surface area contributed by atoms with Gasteiger partial charge in [0, 0.05) is 0 Å². The lowest BCUT2D eigenvalue weighted by Gasteiger charge is -2.15. The molecule has 1 aromatic rings. The predicted octanol–water partition coefficient (Wildman–Crippen LogP) is 3.14. The topological polar surface area (TPSA) is 57.5 Å². The summed E-state index contributed by atoms with van der Waals surface area (Å²) < 4.78 is 0. The second kappa shape index (κ2) is 6.16. The molecule has 0 heterocycles. The highest BCUT2D eigenvalue weighted by molar-refractivity contribution is 5.68. The molecular formula is C13H18O3. The average Bonchev–Trinajstić information content (AvgIpc) is 2.23. The maximum Gasteiger partial charge on any atom is 0.303 e. The van der Waals surface area contributed by atoms with E-state index in [4.69, 9.17) is 5.11 Å². The first-order valence-corrected chi connectivity index (χ1v) is 5.64. The van der Waals surface area contributed by atoms with Crippen molar-refractivity contribution in [1.82, 2.24) is 0 Å². The van der Waals surface area contributed by atoms with Crippen LogP contribution in [0.2, 0.25) is 0 Å². The van der Waals surface area contributed by atoms with Crippen molar-refractivity contribution in [3.8, 4) is 5.75 Å². The van der Waals surface area contributed by atoms with Crippen LogP contribution in [0.25, 0.3) is 0 Å². The number of carboxylic acids is 1. The fourth-order valence-electron chi connectivity index (χ4n) is 1.83. The Balaban J connectivity index is 2.78. The Kier molecular flexibility index (Phi) is 4.83. The van der Waals surface area contributed by atoms with Gasteiger partial charge in [0.15, 0.2) is 0 Å². The van der Waals surface area contributed by atoms with Gasteiger partial charge in [0.1, 0.15) is 5.75 Å². The zero-order valence-corrected chi connectivity index (χ0v) is 9.52. The molecule has 2 N–H and O–H groups in total. The monoisotopic (exact) mass is 222 g/mol. The molecule has 0 amide bonds. The van der Waals surface area contributed by atoms with Crippen LogP contribution in [-0.2, 0) is 4.79 Å². The van der Waals surface area contributed by atoms with Crippen LogP contribution in [-0.4, -0.2) is 16.2 Å². The highest BCUT2D eigenvalue weighted by atomic mass is 16.4. The van der Waals surface area contributed by atoms with Gasteiger partial charge in [-0.25, -0.2) is 0 Å². The summed E-state index contributed by atoms with van der Waals surface area (Å²) in [5.41, 5.74) is 0.913. The Morgan fingerprint density at radius 1 is 1.44 bits per heavy atom. The molecule has 0 bridgehead atoms. The fourth-order valence-corrected chi connectivity index (χ4v) is 1.83. The highest BCUT2D eigenvalue weighted by Crippen LogP contribution is 2.27. The summed E-state index contributed by atoms with van der Waals surface area (Å²) in [5.74, 6) is -0.585. The summed E-state index contributed by atoms with van der Waals surface area (Å²) in [7, 11) is 0. The first kappa shape index (κ1) is 12.6. The molecule has 16 heavy (non-hydrogen) atoms. The molecule has 3 heteroatoms. The normalized spacial score (nSPS) is 12.3. The van der Waals surface area contributed by atoms with Crippen molar-refractivity contribution in [2.24, 2.45) is 0 Å². The number of hydrogen-bond acceptors (Lipinski definition) is 2. The minimum absolute atomic E-state index is 0.00421. The molecule has 0 radical (unpaired) electrons. The molecule has 0 unspecified atom stereocenters. The van der Waals surface area contributed by atoms with Gasteiger partial charge in [-0.15, -0.1) is 0 Å². The molecule has 1 rings (SSSR count). The molecule has 3 nitrogen and oxygen atoms in total. The van der Waals surface area contributed by atoms with E-state index in [1.807, 2.05) is 6.07 Å². The van der Waals surface area contributed by atoms with Crippen molar-refractivity contribution < 1.29 is 15.0 Å². The number of benzene rings is 1. The zero-order valence-electron chi connectivity index (χ0n) is 9.52. The maximum atomic E-state index is 10.8. The van der Waals surface area contributed by atoms with Crippen molar-refractivity contribution in [2.45, 2.75) is 38.5 Å². The summed E-state index contributed by atoms with van der Waals surface area (Å²) in [5, 5.41) is 18.2. The molecule has 0 aliphatic carbocycles. The Bertz CT molecular complexity index is 347. The van der Waals surface area contributed by atoms with Crippen LogP contribution < -0.4 is 0 Å². The minimum atomic E-state index is -0.788. The van der Waals surface area contributed by atoms with Gasteiger partial charge in [-0.1, -0.05) is 31.9 Å². The van der Waals surface area contributed by atoms with Crippen LogP contribution in [0.4, 0.5) is 0 Å². The number of phenolic OH excluding ortho intramolecular Hbond substituents is 1. The fraction of sp³-hybridized carbons (Fsp3) is 0.462. The number of rotatable bonds is 6. The molecule has 0 aliphatic heterocycles. The van der Waals surface area contributed by atoms with Crippen molar-refractivity contribution >= 4 is 5.97 Å². The van der Waals surface area contributed by atoms with Gasteiger partial charge in [0.05, 0.1) is 6.42 Å². The lowest BCUT2D eigenvalue weighted by molar-refractivity contribution is -0.137. The number of aromatic hydroxyl groups is 1. The Labute approximate surface area is 95.7 Å².